The fourth-order valence-corrected chi connectivity index (χ4v) is 3.66. The Hall–Kier alpha value is -3.07. The molecule has 3 rings (SSSR count). The van der Waals surface area contributed by atoms with Crippen LogP contribution >= 0.6 is 0 Å². The van der Waals surface area contributed by atoms with Crippen molar-refractivity contribution in [2.24, 2.45) is 0 Å². The van der Waals surface area contributed by atoms with Gasteiger partial charge in [0.2, 0.25) is 0 Å². The van der Waals surface area contributed by atoms with E-state index in [-0.39, 0.29) is 16.7 Å². The molecule has 2 aromatic carbocycles. The Bertz CT molecular complexity index is 1080. The SMILES string of the molecule is CCOc1ccc(S(=O)(=O)Nc2ccc(OC)cc2)cc1-c1nc(C(C)C)no1. The molecule has 0 saturated heterocycles. The van der Waals surface area contributed by atoms with E-state index in [4.69, 9.17) is 14.0 Å². The van der Waals surface area contributed by atoms with Crippen LogP contribution in [0.15, 0.2) is 51.9 Å². The van der Waals surface area contributed by atoms with E-state index in [0.29, 0.717) is 35.2 Å². The van der Waals surface area contributed by atoms with E-state index in [2.05, 4.69) is 14.9 Å². The molecule has 0 saturated carbocycles. The Morgan fingerprint density at radius 3 is 2.45 bits per heavy atom. The lowest BCUT2D eigenvalue weighted by atomic mass is 10.2. The Morgan fingerprint density at radius 1 is 1.14 bits per heavy atom. The molecule has 0 aliphatic carbocycles. The highest BCUT2D eigenvalue weighted by Gasteiger charge is 2.21. The predicted octanol–water partition coefficient (Wildman–Crippen LogP) is 4.07. The number of rotatable bonds is 8. The van der Waals surface area contributed by atoms with Crippen molar-refractivity contribution >= 4 is 15.7 Å². The summed E-state index contributed by atoms with van der Waals surface area (Å²) in [6.45, 7) is 6.14. The van der Waals surface area contributed by atoms with E-state index in [1.54, 1.807) is 37.4 Å². The number of anilines is 1. The second kappa shape index (κ2) is 8.52. The van der Waals surface area contributed by atoms with Gasteiger partial charge in [0, 0.05) is 11.6 Å². The first-order chi connectivity index (χ1) is 13.8. The summed E-state index contributed by atoms with van der Waals surface area (Å²) in [5.74, 6) is 1.92. The van der Waals surface area contributed by atoms with E-state index in [0.717, 1.165) is 0 Å². The van der Waals surface area contributed by atoms with Crippen LogP contribution < -0.4 is 14.2 Å². The number of ether oxygens (including phenoxy) is 2. The highest BCUT2D eigenvalue weighted by atomic mass is 32.2. The number of benzene rings is 2. The Morgan fingerprint density at radius 2 is 1.86 bits per heavy atom. The zero-order chi connectivity index (χ0) is 21.0. The van der Waals surface area contributed by atoms with E-state index >= 15 is 0 Å². The number of hydrogen-bond acceptors (Lipinski definition) is 7. The van der Waals surface area contributed by atoms with E-state index in [1.807, 2.05) is 20.8 Å². The van der Waals surface area contributed by atoms with Crippen LogP contribution in [0.25, 0.3) is 11.5 Å². The molecule has 0 amide bonds. The minimum absolute atomic E-state index is 0.0519. The van der Waals surface area contributed by atoms with Crippen LogP contribution in [0.4, 0.5) is 5.69 Å². The molecule has 1 heterocycles. The van der Waals surface area contributed by atoms with Crippen LogP contribution in [0.3, 0.4) is 0 Å². The van der Waals surface area contributed by atoms with Crippen molar-refractivity contribution in [1.82, 2.24) is 10.1 Å². The van der Waals surface area contributed by atoms with Crippen molar-refractivity contribution in [2.75, 3.05) is 18.4 Å². The molecule has 0 unspecified atom stereocenters. The van der Waals surface area contributed by atoms with Crippen LogP contribution in [0.2, 0.25) is 0 Å². The fraction of sp³-hybridized carbons (Fsp3) is 0.300. The first-order valence-electron chi connectivity index (χ1n) is 9.11. The van der Waals surface area contributed by atoms with Crippen LogP contribution in [-0.2, 0) is 10.0 Å². The Balaban J connectivity index is 1.97. The molecule has 0 aliphatic heterocycles. The number of nitrogens with one attached hydrogen (secondary N) is 1. The van der Waals surface area contributed by atoms with Crippen LogP contribution in [0.1, 0.15) is 32.5 Å². The summed E-state index contributed by atoms with van der Waals surface area (Å²) in [5, 5.41) is 3.95. The quantitative estimate of drug-likeness (QED) is 0.589. The molecule has 9 heteroatoms. The van der Waals surface area contributed by atoms with Gasteiger partial charge in [-0.05, 0) is 49.4 Å². The molecule has 3 aromatic rings. The summed E-state index contributed by atoms with van der Waals surface area (Å²) < 4.78 is 44.3. The monoisotopic (exact) mass is 417 g/mol. The smallest absolute Gasteiger partial charge is 0.261 e. The maximum atomic E-state index is 12.9. The summed E-state index contributed by atoms with van der Waals surface area (Å²) in [7, 11) is -2.30. The minimum Gasteiger partial charge on any atom is -0.497 e. The third-order valence-electron chi connectivity index (χ3n) is 4.09. The van der Waals surface area contributed by atoms with Gasteiger partial charge in [0.25, 0.3) is 15.9 Å². The predicted molar refractivity (Wildman–Crippen MR) is 109 cm³/mol. The molecule has 1 N–H and O–H groups in total. The standard InChI is InChI=1S/C20H23N3O5S/c1-5-27-18-11-10-16(12-17(18)20-21-19(13(2)3)22-28-20)29(24,25)23-14-6-8-15(26-4)9-7-14/h6-13,23H,5H2,1-4H3. The highest BCUT2D eigenvalue weighted by Crippen LogP contribution is 2.33. The van der Waals surface area contributed by atoms with Gasteiger partial charge in [-0.1, -0.05) is 19.0 Å². The molecule has 29 heavy (non-hydrogen) atoms. The Kier molecular flexibility index (Phi) is 6.07. The molecule has 0 atom stereocenters. The lowest BCUT2D eigenvalue weighted by Gasteiger charge is -2.12. The van der Waals surface area contributed by atoms with E-state index in [9.17, 15) is 8.42 Å². The maximum Gasteiger partial charge on any atom is 0.261 e. The van der Waals surface area contributed by atoms with Crippen molar-refractivity contribution < 1.29 is 22.4 Å². The largest absolute Gasteiger partial charge is 0.497 e. The van der Waals surface area contributed by atoms with Gasteiger partial charge in [0.1, 0.15) is 11.5 Å². The number of sulfonamides is 1. The molecule has 0 aliphatic rings. The summed E-state index contributed by atoms with van der Waals surface area (Å²) in [6.07, 6.45) is 0. The number of aromatic nitrogens is 2. The topological polar surface area (TPSA) is 104 Å². The van der Waals surface area contributed by atoms with Crippen LogP contribution in [-0.4, -0.2) is 32.3 Å². The van der Waals surface area contributed by atoms with E-state index in [1.165, 1.54) is 12.1 Å². The zero-order valence-electron chi connectivity index (χ0n) is 16.7. The maximum absolute atomic E-state index is 12.9. The third kappa shape index (κ3) is 4.68. The molecule has 154 valence electrons. The molecular formula is C20H23N3O5S. The first-order valence-corrected chi connectivity index (χ1v) is 10.6. The number of methoxy groups -OCH3 is 1. The van der Waals surface area contributed by atoms with Gasteiger partial charge >= 0.3 is 0 Å². The normalized spacial score (nSPS) is 11.5. The van der Waals surface area contributed by atoms with Gasteiger partial charge in [-0.2, -0.15) is 4.98 Å². The van der Waals surface area contributed by atoms with Gasteiger partial charge in [-0.15, -0.1) is 0 Å². The average molecular weight is 417 g/mol. The highest BCUT2D eigenvalue weighted by molar-refractivity contribution is 7.92. The zero-order valence-corrected chi connectivity index (χ0v) is 17.5. The van der Waals surface area contributed by atoms with E-state index < -0.39 is 10.0 Å². The lowest BCUT2D eigenvalue weighted by Crippen LogP contribution is -2.13. The van der Waals surface area contributed by atoms with Crippen LogP contribution in [0.5, 0.6) is 11.5 Å². The van der Waals surface area contributed by atoms with Gasteiger partial charge in [0.15, 0.2) is 5.82 Å². The van der Waals surface area contributed by atoms with Gasteiger partial charge < -0.3 is 14.0 Å². The summed E-state index contributed by atoms with van der Waals surface area (Å²) in [5.41, 5.74) is 0.838. The summed E-state index contributed by atoms with van der Waals surface area (Å²) in [6, 6.07) is 11.1. The second-order valence-corrected chi connectivity index (χ2v) is 8.22. The van der Waals surface area contributed by atoms with Crippen molar-refractivity contribution in [3.8, 4) is 23.0 Å². The summed E-state index contributed by atoms with van der Waals surface area (Å²) in [4.78, 5) is 4.41. The molecule has 0 bridgehead atoms. The van der Waals surface area contributed by atoms with Gasteiger partial charge in [-0.3, -0.25) is 4.72 Å². The molecule has 0 spiro atoms. The van der Waals surface area contributed by atoms with Crippen molar-refractivity contribution in [3.63, 3.8) is 0 Å². The molecule has 8 nitrogen and oxygen atoms in total. The lowest BCUT2D eigenvalue weighted by molar-refractivity contribution is 0.339. The fourth-order valence-electron chi connectivity index (χ4n) is 2.58. The molecule has 0 fully saturated rings. The van der Waals surface area contributed by atoms with Crippen molar-refractivity contribution in [3.05, 3.63) is 48.3 Å². The average Bonchev–Trinajstić information content (AvgIpc) is 3.19. The molecule has 0 radical (unpaired) electrons. The van der Waals surface area contributed by atoms with Gasteiger partial charge in [0.05, 0.1) is 24.2 Å². The Labute approximate surface area is 169 Å². The van der Waals surface area contributed by atoms with Crippen LogP contribution in [0, 0.1) is 0 Å². The number of nitrogens with zero attached hydrogens (tertiary/aromatic N) is 2. The van der Waals surface area contributed by atoms with Crippen molar-refractivity contribution in [1.29, 1.82) is 0 Å². The number of hydrogen-bond donors (Lipinski definition) is 1. The molecular weight excluding hydrogens is 394 g/mol. The third-order valence-corrected chi connectivity index (χ3v) is 5.47. The van der Waals surface area contributed by atoms with Crippen molar-refractivity contribution in [2.45, 2.75) is 31.6 Å². The second-order valence-electron chi connectivity index (χ2n) is 6.54. The molecule has 1 aromatic heterocycles. The minimum atomic E-state index is -3.84. The first kappa shape index (κ1) is 20.7. The summed E-state index contributed by atoms with van der Waals surface area (Å²) >= 11 is 0. The van der Waals surface area contributed by atoms with Gasteiger partial charge in [-0.25, -0.2) is 8.42 Å².